The van der Waals surface area contributed by atoms with Gasteiger partial charge in [-0.25, -0.2) is 4.98 Å². The second-order valence-electron chi connectivity index (χ2n) is 9.02. The Labute approximate surface area is 203 Å². The van der Waals surface area contributed by atoms with Gasteiger partial charge in [-0.1, -0.05) is 32.3 Å². The lowest BCUT2D eigenvalue weighted by atomic mass is 9.96. The number of hydrogen-bond donors (Lipinski definition) is 1. The van der Waals surface area contributed by atoms with E-state index in [1.165, 1.54) is 10.5 Å². The number of fused-ring (bicyclic) bond motifs is 2. The van der Waals surface area contributed by atoms with Crippen molar-refractivity contribution in [3.05, 3.63) is 51.9 Å². The molecular weight excluding hydrogens is 446 g/mol. The van der Waals surface area contributed by atoms with Crippen molar-refractivity contribution in [3.63, 3.8) is 0 Å². The monoisotopic (exact) mass is 479 g/mol. The van der Waals surface area contributed by atoms with Crippen LogP contribution in [0.5, 0.6) is 0 Å². The molecule has 0 aliphatic carbocycles. The van der Waals surface area contributed by atoms with Crippen LogP contribution in [-0.4, -0.2) is 50.4 Å². The molecule has 0 saturated carbocycles. The molecule has 0 atom stereocenters. The number of rotatable bonds is 8. The van der Waals surface area contributed by atoms with Crippen LogP contribution in [0.4, 0.5) is 0 Å². The van der Waals surface area contributed by atoms with Gasteiger partial charge in [-0.15, -0.1) is 0 Å². The molecule has 35 heavy (non-hydrogen) atoms. The number of amides is 1. The molecule has 4 rings (SSSR count). The first-order chi connectivity index (χ1) is 17.0. The van der Waals surface area contributed by atoms with E-state index in [0.29, 0.717) is 55.8 Å². The van der Waals surface area contributed by atoms with Crippen LogP contribution in [0.2, 0.25) is 0 Å². The highest BCUT2D eigenvalue weighted by molar-refractivity contribution is 5.97. The van der Waals surface area contributed by atoms with Crippen molar-refractivity contribution in [3.8, 4) is 0 Å². The Kier molecular flexibility index (Phi) is 7.63. The molecule has 9 heteroatoms. The average Bonchev–Trinajstić information content (AvgIpc) is 2.87. The van der Waals surface area contributed by atoms with Crippen LogP contribution in [0.3, 0.4) is 0 Å². The Hall–Kier alpha value is -3.49. The first kappa shape index (κ1) is 24.6. The van der Waals surface area contributed by atoms with Crippen molar-refractivity contribution in [2.45, 2.75) is 58.9 Å². The number of piperidine rings is 1. The van der Waals surface area contributed by atoms with E-state index in [9.17, 15) is 14.4 Å². The zero-order chi connectivity index (χ0) is 24.9. The summed E-state index contributed by atoms with van der Waals surface area (Å²) >= 11 is 0. The predicted molar refractivity (Wildman–Crippen MR) is 132 cm³/mol. The second kappa shape index (κ2) is 10.8. The number of ether oxygens (including phenoxy) is 1. The minimum absolute atomic E-state index is 0.0682. The fraction of sp³-hybridized carbons (Fsp3) is 0.500. The lowest BCUT2D eigenvalue weighted by Gasteiger charge is -2.31. The number of hydrogen-bond acceptors (Lipinski definition) is 6. The van der Waals surface area contributed by atoms with Crippen LogP contribution in [-0.2, 0) is 16.1 Å². The SMILES string of the molecule is CCCCCCn1c(=N)c(C(=O)N2CCC(C(=O)OCC)CC2)cc2c(=O)n3ccccc3nc21. The minimum atomic E-state index is -0.293. The normalized spacial score (nSPS) is 14.5. The molecule has 0 radical (unpaired) electrons. The van der Waals surface area contributed by atoms with Crippen LogP contribution in [0.25, 0.3) is 16.7 Å². The van der Waals surface area contributed by atoms with Crippen molar-refractivity contribution in [2.75, 3.05) is 19.7 Å². The number of nitrogens with one attached hydrogen (secondary N) is 1. The molecule has 0 bridgehead atoms. The van der Waals surface area contributed by atoms with Gasteiger partial charge < -0.3 is 14.2 Å². The van der Waals surface area contributed by atoms with Gasteiger partial charge >= 0.3 is 5.97 Å². The molecule has 3 aromatic heterocycles. The van der Waals surface area contributed by atoms with E-state index < -0.39 is 0 Å². The van der Waals surface area contributed by atoms with Gasteiger partial charge in [0.1, 0.15) is 16.8 Å². The molecule has 1 aliphatic rings. The summed E-state index contributed by atoms with van der Waals surface area (Å²) in [6.45, 7) is 5.59. The number of nitrogens with zero attached hydrogens (tertiary/aromatic N) is 4. The number of likely N-dealkylation sites (tertiary alicyclic amines) is 1. The van der Waals surface area contributed by atoms with Gasteiger partial charge in [0.2, 0.25) is 0 Å². The number of unbranched alkanes of at least 4 members (excludes halogenated alkanes) is 3. The molecule has 4 heterocycles. The van der Waals surface area contributed by atoms with E-state index in [-0.39, 0.29) is 34.4 Å². The highest BCUT2D eigenvalue weighted by Crippen LogP contribution is 2.21. The first-order valence-corrected chi connectivity index (χ1v) is 12.5. The van der Waals surface area contributed by atoms with Crippen LogP contribution in [0.1, 0.15) is 62.7 Å². The maximum absolute atomic E-state index is 13.5. The molecule has 1 aliphatic heterocycles. The molecule has 186 valence electrons. The molecular formula is C26H33N5O4. The number of carbonyl (C=O) groups excluding carboxylic acids is 2. The Morgan fingerprint density at radius 2 is 1.91 bits per heavy atom. The van der Waals surface area contributed by atoms with E-state index >= 15 is 0 Å². The number of aromatic nitrogens is 3. The summed E-state index contributed by atoms with van der Waals surface area (Å²) in [6, 6.07) is 6.87. The zero-order valence-corrected chi connectivity index (χ0v) is 20.5. The highest BCUT2D eigenvalue weighted by Gasteiger charge is 2.30. The number of pyridine rings is 2. The third-order valence-electron chi connectivity index (χ3n) is 6.69. The summed E-state index contributed by atoms with van der Waals surface area (Å²) in [5.41, 5.74) is 0.936. The second-order valence-corrected chi connectivity index (χ2v) is 9.02. The Morgan fingerprint density at radius 3 is 2.63 bits per heavy atom. The average molecular weight is 480 g/mol. The van der Waals surface area contributed by atoms with Crippen molar-refractivity contribution in [1.82, 2.24) is 18.9 Å². The molecule has 0 aromatic carbocycles. The Morgan fingerprint density at radius 1 is 1.14 bits per heavy atom. The summed E-state index contributed by atoms with van der Waals surface area (Å²) in [4.78, 5) is 45.3. The van der Waals surface area contributed by atoms with E-state index in [4.69, 9.17) is 10.1 Å². The molecule has 1 N–H and O–H groups in total. The van der Waals surface area contributed by atoms with E-state index in [1.807, 2.05) is 6.07 Å². The van der Waals surface area contributed by atoms with Gasteiger partial charge in [-0.3, -0.25) is 24.2 Å². The summed E-state index contributed by atoms with van der Waals surface area (Å²) in [6.07, 6.45) is 6.71. The summed E-state index contributed by atoms with van der Waals surface area (Å²) < 4.78 is 8.30. The third kappa shape index (κ3) is 4.99. The number of carbonyl (C=O) groups is 2. The van der Waals surface area contributed by atoms with Crippen LogP contribution < -0.4 is 11.0 Å². The van der Waals surface area contributed by atoms with Gasteiger partial charge in [0.15, 0.2) is 0 Å². The van der Waals surface area contributed by atoms with Crippen LogP contribution in [0.15, 0.2) is 35.3 Å². The highest BCUT2D eigenvalue weighted by atomic mass is 16.5. The topological polar surface area (TPSA) is 110 Å². The standard InChI is InChI=1S/C26H33N5O4/c1-3-5-6-8-14-31-22(27)19(24(32)29-15-11-18(12-16-29)26(34)35-4-2)17-20-23(31)28-21-10-7-9-13-30(21)25(20)33/h7,9-10,13,17-18,27H,3-6,8,11-12,14-16H2,1-2H3. The Bertz CT molecular complexity index is 1350. The van der Waals surface area contributed by atoms with Gasteiger partial charge in [-0.2, -0.15) is 0 Å². The number of aryl methyl sites for hydroxylation is 1. The minimum Gasteiger partial charge on any atom is -0.466 e. The fourth-order valence-corrected chi connectivity index (χ4v) is 4.71. The zero-order valence-electron chi connectivity index (χ0n) is 20.5. The molecule has 0 spiro atoms. The molecule has 1 saturated heterocycles. The van der Waals surface area contributed by atoms with Crippen molar-refractivity contribution in [2.24, 2.45) is 5.92 Å². The molecule has 9 nitrogen and oxygen atoms in total. The van der Waals surface area contributed by atoms with Crippen LogP contribution >= 0.6 is 0 Å². The quantitative estimate of drug-likeness (QED) is 0.303. The first-order valence-electron chi connectivity index (χ1n) is 12.5. The number of esters is 1. The lowest BCUT2D eigenvalue weighted by Crippen LogP contribution is -2.43. The van der Waals surface area contributed by atoms with Crippen molar-refractivity contribution >= 4 is 28.6 Å². The summed E-state index contributed by atoms with van der Waals surface area (Å²) in [7, 11) is 0. The smallest absolute Gasteiger partial charge is 0.309 e. The van der Waals surface area contributed by atoms with Gasteiger partial charge in [0.05, 0.1) is 23.5 Å². The largest absolute Gasteiger partial charge is 0.466 e. The summed E-state index contributed by atoms with van der Waals surface area (Å²) in [5.74, 6) is -0.726. The fourth-order valence-electron chi connectivity index (χ4n) is 4.71. The maximum atomic E-state index is 13.5. The van der Waals surface area contributed by atoms with Crippen LogP contribution in [0, 0.1) is 11.3 Å². The van der Waals surface area contributed by atoms with Gasteiger partial charge in [0.25, 0.3) is 11.5 Å². The molecule has 1 amide bonds. The maximum Gasteiger partial charge on any atom is 0.309 e. The van der Waals surface area contributed by atoms with Crippen molar-refractivity contribution < 1.29 is 14.3 Å². The van der Waals surface area contributed by atoms with Gasteiger partial charge in [0, 0.05) is 25.8 Å². The predicted octanol–water partition coefficient (Wildman–Crippen LogP) is 3.12. The Balaban J connectivity index is 1.73. The van der Waals surface area contributed by atoms with E-state index in [0.717, 1.165) is 25.7 Å². The molecule has 1 fully saturated rings. The van der Waals surface area contributed by atoms with Crippen molar-refractivity contribution in [1.29, 1.82) is 5.41 Å². The lowest BCUT2D eigenvalue weighted by molar-refractivity contribution is -0.149. The van der Waals surface area contributed by atoms with Gasteiger partial charge in [-0.05, 0) is 44.4 Å². The molecule has 3 aromatic rings. The van der Waals surface area contributed by atoms with E-state index in [1.54, 1.807) is 34.7 Å². The summed E-state index contributed by atoms with van der Waals surface area (Å²) in [5, 5.41) is 9.22. The van der Waals surface area contributed by atoms with E-state index in [2.05, 4.69) is 11.9 Å². The third-order valence-corrected chi connectivity index (χ3v) is 6.69. The molecule has 0 unspecified atom stereocenters.